The van der Waals surface area contributed by atoms with Crippen LogP contribution in [-0.4, -0.2) is 18.8 Å². The van der Waals surface area contributed by atoms with E-state index in [1.807, 2.05) is 13.8 Å². The molecule has 2 nitrogen and oxygen atoms in total. The summed E-state index contributed by atoms with van der Waals surface area (Å²) in [5, 5.41) is 0. The third kappa shape index (κ3) is 3.32. The first kappa shape index (κ1) is 13.2. The number of hydrogen-bond acceptors (Lipinski definition) is 2. The van der Waals surface area contributed by atoms with Crippen molar-refractivity contribution in [2.45, 2.75) is 46.3 Å². The molecule has 0 amide bonds. The number of benzene rings is 1. The van der Waals surface area contributed by atoms with Crippen molar-refractivity contribution in [3.05, 3.63) is 34.9 Å². The molecule has 1 rings (SSSR count). The molecule has 0 radical (unpaired) electrons. The highest BCUT2D eigenvalue weighted by atomic mass is 16.5. The monoisotopic (exact) mass is 221 g/mol. The highest BCUT2D eigenvalue weighted by Crippen LogP contribution is 2.16. The first-order valence-electron chi connectivity index (χ1n) is 5.98. The van der Waals surface area contributed by atoms with Gasteiger partial charge in [-0.05, 0) is 50.8 Å². The zero-order chi connectivity index (χ0) is 12.1. The van der Waals surface area contributed by atoms with Crippen LogP contribution in [0.25, 0.3) is 0 Å². The molecule has 1 aromatic rings. The Morgan fingerprint density at radius 2 is 1.81 bits per heavy atom. The van der Waals surface area contributed by atoms with Crippen LogP contribution in [0.3, 0.4) is 0 Å². The molecule has 90 valence electrons. The topological polar surface area (TPSA) is 35.2 Å². The van der Waals surface area contributed by atoms with Crippen LogP contribution in [0.4, 0.5) is 0 Å². The van der Waals surface area contributed by atoms with E-state index in [9.17, 15) is 0 Å². The minimum absolute atomic E-state index is 0.0692. The van der Waals surface area contributed by atoms with Crippen LogP contribution in [0.15, 0.2) is 18.2 Å². The Morgan fingerprint density at radius 3 is 2.31 bits per heavy atom. The molecule has 1 aromatic carbocycles. The van der Waals surface area contributed by atoms with E-state index < -0.39 is 0 Å². The number of rotatable bonds is 5. The number of hydrogen-bond donors (Lipinski definition) is 1. The highest BCUT2D eigenvalue weighted by Gasteiger charge is 2.15. The van der Waals surface area contributed by atoms with E-state index in [1.165, 1.54) is 16.7 Å². The smallest absolute Gasteiger partial charge is 0.0700 e. The van der Waals surface area contributed by atoms with Gasteiger partial charge in [0.1, 0.15) is 0 Å². The molecule has 2 heteroatoms. The maximum Gasteiger partial charge on any atom is 0.0700 e. The van der Waals surface area contributed by atoms with Crippen molar-refractivity contribution in [3.63, 3.8) is 0 Å². The Kier molecular flexibility index (Phi) is 4.97. The van der Waals surface area contributed by atoms with Gasteiger partial charge < -0.3 is 10.5 Å². The Morgan fingerprint density at radius 1 is 1.25 bits per heavy atom. The third-order valence-electron chi connectivity index (χ3n) is 3.12. The van der Waals surface area contributed by atoms with Crippen molar-refractivity contribution in [1.82, 2.24) is 0 Å². The van der Waals surface area contributed by atoms with Gasteiger partial charge in [-0.15, -0.1) is 0 Å². The van der Waals surface area contributed by atoms with Gasteiger partial charge in [-0.2, -0.15) is 0 Å². The lowest BCUT2D eigenvalue weighted by atomic mass is 9.95. The van der Waals surface area contributed by atoms with Crippen molar-refractivity contribution in [1.29, 1.82) is 0 Å². The summed E-state index contributed by atoms with van der Waals surface area (Å²) in [6, 6.07) is 6.44. The van der Waals surface area contributed by atoms with Crippen LogP contribution in [0.1, 0.15) is 30.5 Å². The largest absolute Gasteiger partial charge is 0.377 e. The molecule has 0 aliphatic rings. The average Bonchev–Trinajstić information content (AvgIpc) is 2.23. The van der Waals surface area contributed by atoms with Gasteiger partial charge in [0.15, 0.2) is 0 Å². The Hall–Kier alpha value is -0.860. The molecule has 0 fully saturated rings. The summed E-state index contributed by atoms with van der Waals surface area (Å²) in [5.41, 5.74) is 10.1. The number of aryl methyl sites for hydroxylation is 2. The Balaban J connectivity index is 2.72. The van der Waals surface area contributed by atoms with E-state index in [0.29, 0.717) is 0 Å². The zero-order valence-corrected chi connectivity index (χ0v) is 10.8. The lowest BCUT2D eigenvalue weighted by Gasteiger charge is -2.21. The van der Waals surface area contributed by atoms with Gasteiger partial charge in [0.2, 0.25) is 0 Å². The van der Waals surface area contributed by atoms with E-state index in [-0.39, 0.29) is 12.1 Å². The second kappa shape index (κ2) is 6.02. The molecule has 0 spiro atoms. The van der Waals surface area contributed by atoms with Gasteiger partial charge >= 0.3 is 0 Å². The molecule has 0 aliphatic heterocycles. The van der Waals surface area contributed by atoms with Gasteiger partial charge in [0.25, 0.3) is 0 Å². The summed E-state index contributed by atoms with van der Waals surface area (Å²) in [6.07, 6.45) is 1.00. The van der Waals surface area contributed by atoms with Gasteiger partial charge in [0.05, 0.1) is 6.10 Å². The van der Waals surface area contributed by atoms with Gasteiger partial charge in [-0.3, -0.25) is 0 Å². The molecule has 2 N–H and O–H groups in total. The second-order valence-corrected chi connectivity index (χ2v) is 4.40. The summed E-state index contributed by atoms with van der Waals surface area (Å²) in [7, 11) is 0. The van der Waals surface area contributed by atoms with E-state index in [1.54, 1.807) is 0 Å². The summed E-state index contributed by atoms with van der Waals surface area (Å²) in [6.45, 7) is 9.05. The molecular formula is C14H23NO. The third-order valence-corrected chi connectivity index (χ3v) is 3.12. The molecule has 2 unspecified atom stereocenters. The van der Waals surface area contributed by atoms with Crippen molar-refractivity contribution in [2.24, 2.45) is 5.73 Å². The Labute approximate surface area is 98.8 Å². The maximum absolute atomic E-state index is 6.15. The quantitative estimate of drug-likeness (QED) is 0.829. The van der Waals surface area contributed by atoms with Gasteiger partial charge in [-0.25, -0.2) is 0 Å². The van der Waals surface area contributed by atoms with Crippen molar-refractivity contribution in [2.75, 3.05) is 6.61 Å². The molecule has 2 atom stereocenters. The summed E-state index contributed by atoms with van der Waals surface area (Å²) in [4.78, 5) is 0. The highest BCUT2D eigenvalue weighted by molar-refractivity contribution is 5.34. The number of ether oxygens (including phenoxy) is 1. The first-order valence-corrected chi connectivity index (χ1v) is 5.98. The maximum atomic E-state index is 6.15. The molecule has 0 saturated heterocycles. The minimum Gasteiger partial charge on any atom is -0.377 e. The predicted molar refractivity (Wildman–Crippen MR) is 68.7 cm³/mol. The first-order chi connectivity index (χ1) is 7.56. The van der Waals surface area contributed by atoms with Crippen molar-refractivity contribution >= 4 is 0 Å². The van der Waals surface area contributed by atoms with E-state index >= 15 is 0 Å². The van der Waals surface area contributed by atoms with E-state index in [2.05, 4.69) is 32.0 Å². The predicted octanol–water partition coefficient (Wildman–Crippen LogP) is 2.60. The van der Waals surface area contributed by atoms with Crippen LogP contribution >= 0.6 is 0 Å². The lowest BCUT2D eigenvalue weighted by Crippen LogP contribution is -2.36. The van der Waals surface area contributed by atoms with Crippen molar-refractivity contribution < 1.29 is 4.74 Å². The van der Waals surface area contributed by atoms with E-state index in [4.69, 9.17) is 10.5 Å². The van der Waals surface area contributed by atoms with Crippen LogP contribution in [0.2, 0.25) is 0 Å². The van der Waals surface area contributed by atoms with Gasteiger partial charge in [-0.1, -0.05) is 18.2 Å². The molecule has 0 heterocycles. The van der Waals surface area contributed by atoms with Gasteiger partial charge in [0, 0.05) is 12.6 Å². The lowest BCUT2D eigenvalue weighted by molar-refractivity contribution is 0.0576. The molecular weight excluding hydrogens is 198 g/mol. The zero-order valence-electron chi connectivity index (χ0n) is 10.8. The molecule has 0 saturated carbocycles. The molecule has 0 bridgehead atoms. The molecule has 16 heavy (non-hydrogen) atoms. The average molecular weight is 221 g/mol. The fraction of sp³-hybridized carbons (Fsp3) is 0.571. The fourth-order valence-corrected chi connectivity index (χ4v) is 1.96. The summed E-state index contributed by atoms with van der Waals surface area (Å²) in [5.74, 6) is 0. The number of nitrogens with two attached hydrogens (primary N) is 1. The molecule has 0 aromatic heterocycles. The molecule has 0 aliphatic carbocycles. The minimum atomic E-state index is 0.0692. The summed E-state index contributed by atoms with van der Waals surface area (Å²) < 4.78 is 5.53. The van der Waals surface area contributed by atoms with Crippen LogP contribution in [-0.2, 0) is 11.2 Å². The van der Waals surface area contributed by atoms with Crippen LogP contribution in [0.5, 0.6) is 0 Å². The van der Waals surface area contributed by atoms with E-state index in [0.717, 1.165) is 13.0 Å². The fourth-order valence-electron chi connectivity index (χ4n) is 1.96. The Bertz CT molecular complexity index is 315. The van der Waals surface area contributed by atoms with Crippen LogP contribution in [0, 0.1) is 13.8 Å². The standard InChI is InChI=1S/C14H23NO/c1-5-16-12(4)14(15)9-13-10(2)7-6-8-11(13)3/h6-8,12,14H,5,9,15H2,1-4H3. The SMILES string of the molecule is CCOC(C)C(N)Cc1c(C)cccc1C. The van der Waals surface area contributed by atoms with Crippen LogP contribution < -0.4 is 5.73 Å². The van der Waals surface area contributed by atoms with Crippen molar-refractivity contribution in [3.8, 4) is 0 Å². The normalized spacial score (nSPS) is 14.8. The summed E-state index contributed by atoms with van der Waals surface area (Å²) >= 11 is 0. The second-order valence-electron chi connectivity index (χ2n) is 4.40.